The van der Waals surface area contributed by atoms with Gasteiger partial charge in [-0.3, -0.25) is 0 Å². The third-order valence-corrected chi connectivity index (χ3v) is 4.33. The fraction of sp³-hybridized carbons (Fsp3) is 1.00. The number of sulfone groups is 1. The van der Waals surface area contributed by atoms with Crippen LogP contribution < -0.4 is 5.73 Å². The lowest BCUT2D eigenvalue weighted by molar-refractivity contribution is 0.104. The zero-order chi connectivity index (χ0) is 10.1. The summed E-state index contributed by atoms with van der Waals surface area (Å²) in [6, 6.07) is 0. The highest BCUT2D eigenvalue weighted by atomic mass is 32.2. The summed E-state index contributed by atoms with van der Waals surface area (Å²) in [5.74, 6) is 0. The van der Waals surface area contributed by atoms with Crippen molar-refractivity contribution in [3.63, 3.8) is 0 Å². The normalized spacial score (nSPS) is 33.3. The Bertz CT molecular complexity index is 275. The van der Waals surface area contributed by atoms with Gasteiger partial charge >= 0.3 is 0 Å². The van der Waals surface area contributed by atoms with Crippen LogP contribution in [-0.4, -0.2) is 39.7 Å². The van der Waals surface area contributed by atoms with Crippen LogP contribution >= 0.6 is 0 Å². The van der Waals surface area contributed by atoms with Crippen molar-refractivity contribution in [2.75, 3.05) is 26.0 Å². The van der Waals surface area contributed by atoms with Crippen LogP contribution in [0.1, 0.15) is 13.3 Å². The maximum absolute atomic E-state index is 11.2. The highest BCUT2D eigenvalue weighted by Gasteiger charge is 2.58. The summed E-state index contributed by atoms with van der Waals surface area (Å²) in [5.41, 5.74) is 5.26. The summed E-state index contributed by atoms with van der Waals surface area (Å²) in [4.78, 5) is 0. The average molecular weight is 207 g/mol. The lowest BCUT2D eigenvalue weighted by Gasteiger charge is -2.13. The lowest BCUT2D eigenvalue weighted by Crippen LogP contribution is -2.28. The molecule has 0 saturated heterocycles. The zero-order valence-electron chi connectivity index (χ0n) is 8.12. The molecule has 0 aromatic rings. The number of hydrogen-bond acceptors (Lipinski definition) is 4. The van der Waals surface area contributed by atoms with E-state index in [0.29, 0.717) is 26.2 Å². The molecule has 0 amide bonds. The second-order valence-corrected chi connectivity index (χ2v) is 5.95. The standard InChI is InChI=1S/C8H17NO3S/c1-3-12-6-8(5-9)4-7(8)13(2,10)11/h7H,3-6,9H2,1-2H3/t7-,8+/m0/s1. The van der Waals surface area contributed by atoms with Crippen molar-refractivity contribution in [2.45, 2.75) is 18.6 Å². The average Bonchev–Trinajstić information content (AvgIpc) is 2.76. The smallest absolute Gasteiger partial charge is 0.151 e. The summed E-state index contributed by atoms with van der Waals surface area (Å²) < 4.78 is 27.7. The number of hydrogen-bond donors (Lipinski definition) is 1. The minimum absolute atomic E-state index is 0.281. The molecule has 1 rings (SSSR count). The van der Waals surface area contributed by atoms with Gasteiger partial charge in [0.25, 0.3) is 0 Å². The number of rotatable bonds is 5. The molecule has 2 N–H and O–H groups in total. The Labute approximate surface area is 79.4 Å². The Morgan fingerprint density at radius 2 is 2.23 bits per heavy atom. The molecular weight excluding hydrogens is 190 g/mol. The van der Waals surface area contributed by atoms with Crippen molar-refractivity contribution in [2.24, 2.45) is 11.1 Å². The van der Waals surface area contributed by atoms with Crippen molar-refractivity contribution >= 4 is 9.84 Å². The topological polar surface area (TPSA) is 69.4 Å². The molecule has 0 aliphatic heterocycles. The molecule has 0 bridgehead atoms. The molecule has 0 radical (unpaired) electrons. The van der Waals surface area contributed by atoms with Gasteiger partial charge in [0.1, 0.15) is 0 Å². The third kappa shape index (κ3) is 2.21. The first-order valence-electron chi connectivity index (χ1n) is 4.43. The summed E-state index contributed by atoms with van der Waals surface area (Å²) in [6.45, 7) is 3.36. The Morgan fingerprint density at radius 1 is 1.62 bits per heavy atom. The summed E-state index contributed by atoms with van der Waals surface area (Å²) in [7, 11) is -2.94. The van der Waals surface area contributed by atoms with Gasteiger partial charge in [-0.25, -0.2) is 8.42 Å². The van der Waals surface area contributed by atoms with Crippen molar-refractivity contribution in [3.8, 4) is 0 Å². The van der Waals surface area contributed by atoms with E-state index in [1.54, 1.807) is 0 Å². The Morgan fingerprint density at radius 3 is 2.54 bits per heavy atom. The highest BCUT2D eigenvalue weighted by molar-refractivity contribution is 7.91. The van der Waals surface area contributed by atoms with Gasteiger partial charge in [0.15, 0.2) is 9.84 Å². The minimum Gasteiger partial charge on any atom is -0.381 e. The predicted molar refractivity (Wildman–Crippen MR) is 51.2 cm³/mol. The first kappa shape index (κ1) is 10.9. The largest absolute Gasteiger partial charge is 0.381 e. The lowest BCUT2D eigenvalue weighted by atomic mass is 10.1. The Hall–Kier alpha value is -0.130. The van der Waals surface area contributed by atoms with E-state index in [-0.39, 0.29) is 10.7 Å². The van der Waals surface area contributed by atoms with Crippen LogP contribution in [0.4, 0.5) is 0 Å². The van der Waals surface area contributed by atoms with E-state index in [9.17, 15) is 8.42 Å². The molecule has 4 nitrogen and oxygen atoms in total. The van der Waals surface area contributed by atoms with E-state index < -0.39 is 9.84 Å². The molecule has 5 heteroatoms. The van der Waals surface area contributed by atoms with Crippen molar-refractivity contribution in [1.82, 2.24) is 0 Å². The molecule has 0 unspecified atom stereocenters. The van der Waals surface area contributed by atoms with Gasteiger partial charge in [-0.2, -0.15) is 0 Å². The summed E-state index contributed by atoms with van der Waals surface area (Å²) in [5, 5.41) is -0.281. The van der Waals surface area contributed by atoms with Crippen molar-refractivity contribution in [1.29, 1.82) is 0 Å². The fourth-order valence-corrected chi connectivity index (χ4v) is 3.35. The van der Waals surface area contributed by atoms with E-state index >= 15 is 0 Å². The van der Waals surface area contributed by atoms with Gasteiger partial charge in [-0.1, -0.05) is 0 Å². The number of nitrogens with two attached hydrogens (primary N) is 1. The molecule has 1 saturated carbocycles. The summed E-state index contributed by atoms with van der Waals surface area (Å²) >= 11 is 0. The van der Waals surface area contributed by atoms with Gasteiger partial charge in [0, 0.05) is 24.8 Å². The maximum atomic E-state index is 11.2. The second-order valence-electron chi connectivity index (χ2n) is 3.73. The molecule has 2 atom stereocenters. The van der Waals surface area contributed by atoms with E-state index in [0.717, 1.165) is 0 Å². The summed E-state index contributed by atoms with van der Waals surface area (Å²) in [6.07, 6.45) is 1.92. The van der Waals surface area contributed by atoms with Crippen LogP contribution in [-0.2, 0) is 14.6 Å². The van der Waals surface area contributed by atoms with Gasteiger partial charge in [-0.15, -0.1) is 0 Å². The van der Waals surface area contributed by atoms with Crippen LogP contribution in [0.15, 0.2) is 0 Å². The minimum atomic E-state index is -2.94. The Balaban J connectivity index is 2.59. The SMILES string of the molecule is CCOC[C@]1(CN)C[C@@H]1S(C)(=O)=O. The van der Waals surface area contributed by atoms with Crippen LogP contribution in [0, 0.1) is 5.41 Å². The molecule has 0 aromatic heterocycles. The zero-order valence-corrected chi connectivity index (χ0v) is 8.93. The molecule has 78 valence electrons. The van der Waals surface area contributed by atoms with Crippen LogP contribution in [0.2, 0.25) is 0 Å². The molecule has 0 heterocycles. The second kappa shape index (κ2) is 3.55. The van der Waals surface area contributed by atoms with E-state index in [4.69, 9.17) is 10.5 Å². The van der Waals surface area contributed by atoms with Gasteiger partial charge in [0.05, 0.1) is 11.9 Å². The maximum Gasteiger partial charge on any atom is 0.151 e. The molecule has 13 heavy (non-hydrogen) atoms. The quantitative estimate of drug-likeness (QED) is 0.677. The predicted octanol–water partition coefficient (Wildman–Crippen LogP) is -0.215. The fourth-order valence-electron chi connectivity index (χ4n) is 1.65. The van der Waals surface area contributed by atoms with Crippen molar-refractivity contribution < 1.29 is 13.2 Å². The molecule has 1 aliphatic rings. The third-order valence-electron chi connectivity index (χ3n) is 2.63. The number of ether oxygens (including phenoxy) is 1. The highest BCUT2D eigenvalue weighted by Crippen LogP contribution is 2.49. The van der Waals surface area contributed by atoms with E-state index in [2.05, 4.69) is 0 Å². The van der Waals surface area contributed by atoms with Crippen LogP contribution in [0.3, 0.4) is 0 Å². The monoisotopic (exact) mass is 207 g/mol. The van der Waals surface area contributed by atoms with Gasteiger partial charge in [-0.05, 0) is 13.3 Å². The van der Waals surface area contributed by atoms with Gasteiger partial charge in [0.2, 0.25) is 0 Å². The molecule has 1 fully saturated rings. The molecule has 0 aromatic carbocycles. The van der Waals surface area contributed by atoms with Gasteiger partial charge < -0.3 is 10.5 Å². The van der Waals surface area contributed by atoms with Crippen LogP contribution in [0.25, 0.3) is 0 Å². The molecule has 0 spiro atoms. The first-order chi connectivity index (χ1) is 5.96. The van der Waals surface area contributed by atoms with E-state index in [1.807, 2.05) is 6.92 Å². The molecular formula is C8H17NO3S. The van der Waals surface area contributed by atoms with Crippen LogP contribution in [0.5, 0.6) is 0 Å². The van der Waals surface area contributed by atoms with Crippen molar-refractivity contribution in [3.05, 3.63) is 0 Å². The first-order valence-corrected chi connectivity index (χ1v) is 6.38. The van der Waals surface area contributed by atoms with E-state index in [1.165, 1.54) is 6.26 Å². The Kier molecular flexibility index (Phi) is 2.99. The molecule has 1 aliphatic carbocycles.